The minimum absolute atomic E-state index is 0.0385. The number of fused-ring (bicyclic) bond motifs is 1. The summed E-state index contributed by atoms with van der Waals surface area (Å²) in [7, 11) is 0.413. The molecule has 32 heavy (non-hydrogen) atoms. The van der Waals surface area contributed by atoms with Gasteiger partial charge in [0.25, 0.3) is 0 Å². The third-order valence-corrected chi connectivity index (χ3v) is 7.16. The van der Waals surface area contributed by atoms with Gasteiger partial charge in [-0.05, 0) is 49.2 Å². The topological polar surface area (TPSA) is 105 Å². The fourth-order valence-electron chi connectivity index (χ4n) is 3.81. The molecule has 1 N–H and O–H groups in total. The number of nitrogens with zero attached hydrogens (tertiary/aromatic N) is 2. The molecule has 2 aromatic rings. The van der Waals surface area contributed by atoms with E-state index in [0.29, 0.717) is 23.6 Å². The highest BCUT2D eigenvalue weighted by Gasteiger charge is 2.31. The van der Waals surface area contributed by atoms with E-state index in [0.717, 1.165) is 15.6 Å². The number of rotatable bonds is 7. The van der Waals surface area contributed by atoms with Crippen LogP contribution in [0.15, 0.2) is 41.3 Å². The van der Waals surface area contributed by atoms with Gasteiger partial charge in [0.15, 0.2) is 0 Å². The van der Waals surface area contributed by atoms with E-state index in [1.165, 1.54) is 34.3 Å². The highest BCUT2D eigenvalue weighted by Crippen LogP contribution is 2.34. The van der Waals surface area contributed by atoms with Gasteiger partial charge in [-0.1, -0.05) is 0 Å². The molecule has 9 nitrogen and oxygen atoms in total. The zero-order valence-electron chi connectivity index (χ0n) is 18.7. The number of carbonyl (C=O) groups is 2. The average molecular weight is 462 g/mol. The van der Waals surface area contributed by atoms with Gasteiger partial charge in [0, 0.05) is 31.8 Å². The van der Waals surface area contributed by atoms with Gasteiger partial charge in [-0.25, -0.2) is 8.42 Å². The summed E-state index contributed by atoms with van der Waals surface area (Å²) in [5, 5.41) is 2.66. The van der Waals surface area contributed by atoms with Crippen molar-refractivity contribution in [1.29, 1.82) is 0 Å². The highest BCUT2D eigenvalue weighted by molar-refractivity contribution is 7.89. The van der Waals surface area contributed by atoms with Crippen molar-refractivity contribution in [3.05, 3.63) is 42.0 Å². The molecule has 1 aliphatic rings. The van der Waals surface area contributed by atoms with Crippen LogP contribution in [0.25, 0.3) is 0 Å². The number of hydrogen-bond donors (Lipinski definition) is 1. The third kappa shape index (κ3) is 4.56. The lowest BCUT2D eigenvalue weighted by molar-refractivity contribution is -0.117. The van der Waals surface area contributed by atoms with Crippen molar-refractivity contribution >= 4 is 33.2 Å². The van der Waals surface area contributed by atoms with Crippen molar-refractivity contribution in [2.45, 2.75) is 31.2 Å². The Kier molecular flexibility index (Phi) is 6.75. The SMILES string of the molecule is COc1ccc(NC(=O)CN(C)S(=O)(=O)c2ccc3c(c2)C[C@H](C)N3C(C)=O)c(OC)c1. The predicted molar refractivity (Wildman–Crippen MR) is 121 cm³/mol. The Hall–Kier alpha value is -3.11. The van der Waals surface area contributed by atoms with Crippen molar-refractivity contribution in [3.63, 3.8) is 0 Å². The Morgan fingerprint density at radius 1 is 1.16 bits per heavy atom. The largest absolute Gasteiger partial charge is 0.497 e. The van der Waals surface area contributed by atoms with Crippen LogP contribution in [0.1, 0.15) is 19.4 Å². The Balaban J connectivity index is 1.75. The molecule has 2 aromatic carbocycles. The van der Waals surface area contributed by atoms with Crippen molar-refractivity contribution in [2.75, 3.05) is 38.0 Å². The zero-order chi connectivity index (χ0) is 23.6. The van der Waals surface area contributed by atoms with Crippen LogP contribution in [-0.4, -0.2) is 58.4 Å². The molecule has 0 saturated carbocycles. The summed E-state index contributed by atoms with van der Waals surface area (Å²) in [6.07, 6.45) is 0.569. The second-order valence-electron chi connectivity index (χ2n) is 7.61. The van der Waals surface area contributed by atoms with Gasteiger partial charge in [0.1, 0.15) is 11.5 Å². The smallest absolute Gasteiger partial charge is 0.243 e. The lowest BCUT2D eigenvalue weighted by Gasteiger charge is -2.21. The van der Waals surface area contributed by atoms with Gasteiger partial charge >= 0.3 is 0 Å². The maximum absolute atomic E-state index is 13.0. The number of carbonyl (C=O) groups excluding carboxylic acids is 2. The van der Waals surface area contributed by atoms with Crippen molar-refractivity contribution < 1.29 is 27.5 Å². The standard InChI is InChI=1S/C22H27N3O6S/c1-14-10-16-11-18(7-9-20(16)25(14)15(2)26)32(28,29)24(3)13-22(27)23-19-8-6-17(30-4)12-21(19)31-5/h6-9,11-12,14H,10,13H2,1-5H3,(H,23,27)/t14-/m0/s1. The number of amides is 2. The van der Waals surface area contributed by atoms with Crippen LogP contribution < -0.4 is 19.7 Å². The summed E-state index contributed by atoms with van der Waals surface area (Å²) in [4.78, 5) is 26.2. The second kappa shape index (κ2) is 9.17. The van der Waals surface area contributed by atoms with Crippen LogP contribution in [0.2, 0.25) is 0 Å². The van der Waals surface area contributed by atoms with Crippen molar-refractivity contribution in [3.8, 4) is 11.5 Å². The number of benzene rings is 2. The number of methoxy groups -OCH3 is 2. The van der Waals surface area contributed by atoms with E-state index in [1.54, 1.807) is 35.2 Å². The van der Waals surface area contributed by atoms with Crippen molar-refractivity contribution in [2.24, 2.45) is 0 Å². The minimum Gasteiger partial charge on any atom is -0.497 e. The molecule has 0 fully saturated rings. The van der Waals surface area contributed by atoms with E-state index in [9.17, 15) is 18.0 Å². The molecule has 0 saturated heterocycles. The quantitative estimate of drug-likeness (QED) is 0.678. The lowest BCUT2D eigenvalue weighted by atomic mass is 10.1. The molecule has 2 amide bonds. The first-order valence-electron chi connectivity index (χ1n) is 9.99. The Morgan fingerprint density at radius 2 is 1.88 bits per heavy atom. The van der Waals surface area contributed by atoms with E-state index in [-0.39, 0.29) is 23.4 Å². The van der Waals surface area contributed by atoms with E-state index in [4.69, 9.17) is 9.47 Å². The molecule has 0 bridgehead atoms. The minimum atomic E-state index is -3.91. The number of nitrogens with one attached hydrogen (secondary N) is 1. The molecule has 172 valence electrons. The van der Waals surface area contributed by atoms with E-state index in [2.05, 4.69) is 5.32 Å². The number of anilines is 2. The Morgan fingerprint density at radius 3 is 2.50 bits per heavy atom. The first kappa shape index (κ1) is 23.6. The first-order valence-corrected chi connectivity index (χ1v) is 11.4. The molecule has 0 aromatic heterocycles. The molecule has 10 heteroatoms. The second-order valence-corrected chi connectivity index (χ2v) is 9.65. The molecule has 0 aliphatic carbocycles. The normalized spacial score (nSPS) is 15.4. The molecule has 0 spiro atoms. The van der Waals surface area contributed by atoms with E-state index < -0.39 is 15.9 Å². The Labute approximate surface area is 188 Å². The monoisotopic (exact) mass is 461 g/mol. The third-order valence-electron chi connectivity index (χ3n) is 5.36. The van der Waals surface area contributed by atoms with Crippen LogP contribution in [0.5, 0.6) is 11.5 Å². The molecule has 0 unspecified atom stereocenters. The summed E-state index contributed by atoms with van der Waals surface area (Å²) in [6.45, 7) is 3.02. The van der Waals surface area contributed by atoms with Gasteiger partial charge in [0.05, 0.1) is 31.3 Å². The molecule has 0 radical (unpaired) electrons. The lowest BCUT2D eigenvalue weighted by Crippen LogP contribution is -2.35. The van der Waals surface area contributed by atoms with Crippen molar-refractivity contribution in [1.82, 2.24) is 4.31 Å². The Bertz CT molecular complexity index is 1150. The molecular weight excluding hydrogens is 434 g/mol. The number of likely N-dealkylation sites (N-methyl/N-ethyl adjacent to an activating group) is 1. The van der Waals surface area contributed by atoms with Crippen LogP contribution in [0.4, 0.5) is 11.4 Å². The summed E-state index contributed by atoms with van der Waals surface area (Å²) in [5.74, 6) is 0.353. The average Bonchev–Trinajstić information content (AvgIpc) is 3.08. The van der Waals surface area contributed by atoms with E-state index >= 15 is 0 Å². The van der Waals surface area contributed by atoms with Gasteiger partial charge in [-0.3, -0.25) is 9.59 Å². The summed E-state index contributed by atoms with van der Waals surface area (Å²) >= 11 is 0. The fourth-order valence-corrected chi connectivity index (χ4v) is 4.98. The van der Waals surface area contributed by atoms with Crippen LogP contribution in [-0.2, 0) is 26.0 Å². The summed E-state index contributed by atoms with van der Waals surface area (Å²) in [5.41, 5.74) is 1.91. The number of hydrogen-bond acceptors (Lipinski definition) is 6. The number of ether oxygens (including phenoxy) is 2. The maximum Gasteiger partial charge on any atom is 0.243 e. The van der Waals surface area contributed by atoms with Gasteiger partial charge in [-0.15, -0.1) is 0 Å². The van der Waals surface area contributed by atoms with Gasteiger partial charge < -0.3 is 19.7 Å². The predicted octanol–water partition coefficient (Wildman–Crippen LogP) is 2.26. The molecular formula is C22H27N3O6S. The van der Waals surface area contributed by atoms with Crippen LogP contribution >= 0.6 is 0 Å². The fraction of sp³-hybridized carbons (Fsp3) is 0.364. The van der Waals surface area contributed by atoms with Crippen LogP contribution in [0, 0.1) is 0 Å². The van der Waals surface area contributed by atoms with Gasteiger partial charge in [-0.2, -0.15) is 4.31 Å². The molecule has 3 rings (SSSR count). The van der Waals surface area contributed by atoms with Crippen LogP contribution in [0.3, 0.4) is 0 Å². The summed E-state index contributed by atoms with van der Waals surface area (Å²) in [6, 6.07) is 9.54. The summed E-state index contributed by atoms with van der Waals surface area (Å²) < 4.78 is 37.5. The molecule has 1 atom stereocenters. The first-order chi connectivity index (χ1) is 15.1. The highest BCUT2D eigenvalue weighted by atomic mass is 32.2. The zero-order valence-corrected chi connectivity index (χ0v) is 19.5. The number of sulfonamides is 1. The molecule has 1 aliphatic heterocycles. The maximum atomic E-state index is 13.0. The molecule has 1 heterocycles. The van der Waals surface area contributed by atoms with E-state index in [1.807, 2.05) is 6.92 Å². The van der Waals surface area contributed by atoms with Gasteiger partial charge in [0.2, 0.25) is 21.8 Å².